The number of amides is 1. The van der Waals surface area contributed by atoms with E-state index in [4.69, 9.17) is 10.8 Å². The summed E-state index contributed by atoms with van der Waals surface area (Å²) in [6, 6.07) is 7.58. The van der Waals surface area contributed by atoms with Crippen molar-refractivity contribution in [3.8, 4) is 0 Å². The zero-order chi connectivity index (χ0) is 14.3. The second-order valence-electron chi connectivity index (χ2n) is 4.22. The topological polar surface area (TPSA) is 92.4 Å². The maximum absolute atomic E-state index is 11.8. The van der Waals surface area contributed by atoms with Crippen LogP contribution in [0.4, 0.5) is 0 Å². The van der Waals surface area contributed by atoms with Gasteiger partial charge >= 0.3 is 5.97 Å². The molecule has 2 atom stereocenters. The van der Waals surface area contributed by atoms with Crippen molar-refractivity contribution < 1.29 is 14.7 Å². The Hall–Kier alpha value is -2.14. The molecule has 0 spiro atoms. The van der Waals surface area contributed by atoms with Crippen LogP contribution < -0.4 is 11.1 Å². The number of carbonyl (C=O) groups is 2. The van der Waals surface area contributed by atoms with Crippen LogP contribution in [0.1, 0.15) is 12.0 Å². The molecule has 1 rings (SSSR count). The van der Waals surface area contributed by atoms with Gasteiger partial charge in [-0.05, 0) is 18.4 Å². The van der Waals surface area contributed by atoms with Crippen LogP contribution in [0.2, 0.25) is 0 Å². The quantitative estimate of drug-likeness (QED) is 0.631. The van der Waals surface area contributed by atoms with Gasteiger partial charge in [0.1, 0.15) is 6.04 Å². The minimum Gasteiger partial charge on any atom is -0.480 e. The Kier molecular flexibility index (Phi) is 5.75. The smallest absolute Gasteiger partial charge is 0.326 e. The predicted molar refractivity (Wildman–Crippen MR) is 72.5 cm³/mol. The summed E-state index contributed by atoms with van der Waals surface area (Å²) in [7, 11) is 0. The predicted octanol–water partition coefficient (Wildman–Crippen LogP) is 0.702. The standard InChI is InChI=1S/C14H18N2O3/c1-2-6-12(14(18)19)16-13(17)11(15)9-10-7-4-3-5-8-10/h2-5,7-8,11-12H,1,6,9,15H2,(H,16,17)(H,18,19)/t11-,12?/m1/s1. The molecule has 0 fully saturated rings. The molecule has 0 heterocycles. The van der Waals surface area contributed by atoms with E-state index in [1.165, 1.54) is 6.08 Å². The zero-order valence-electron chi connectivity index (χ0n) is 10.6. The van der Waals surface area contributed by atoms with Crippen LogP contribution in [0.25, 0.3) is 0 Å². The highest BCUT2D eigenvalue weighted by Gasteiger charge is 2.22. The molecule has 0 saturated carbocycles. The van der Waals surface area contributed by atoms with Gasteiger partial charge in [0.05, 0.1) is 6.04 Å². The van der Waals surface area contributed by atoms with E-state index in [-0.39, 0.29) is 6.42 Å². The number of carbonyl (C=O) groups excluding carboxylic acids is 1. The van der Waals surface area contributed by atoms with E-state index < -0.39 is 24.0 Å². The fraction of sp³-hybridized carbons (Fsp3) is 0.286. The zero-order valence-corrected chi connectivity index (χ0v) is 10.6. The number of hydrogen-bond acceptors (Lipinski definition) is 3. The van der Waals surface area contributed by atoms with Gasteiger partial charge < -0.3 is 16.2 Å². The van der Waals surface area contributed by atoms with E-state index in [1.54, 1.807) is 0 Å². The highest BCUT2D eigenvalue weighted by atomic mass is 16.4. The molecule has 0 saturated heterocycles. The van der Waals surface area contributed by atoms with E-state index in [0.717, 1.165) is 5.56 Å². The lowest BCUT2D eigenvalue weighted by Gasteiger charge is -2.16. The van der Waals surface area contributed by atoms with E-state index in [0.29, 0.717) is 6.42 Å². The fourth-order valence-corrected chi connectivity index (χ4v) is 1.63. The van der Waals surface area contributed by atoms with Crippen LogP contribution in [0.5, 0.6) is 0 Å². The van der Waals surface area contributed by atoms with Crippen molar-refractivity contribution in [2.24, 2.45) is 5.73 Å². The molecule has 0 aliphatic carbocycles. The molecule has 1 aromatic carbocycles. The lowest BCUT2D eigenvalue weighted by atomic mass is 10.1. The van der Waals surface area contributed by atoms with Gasteiger partial charge in [0, 0.05) is 0 Å². The van der Waals surface area contributed by atoms with Gasteiger partial charge in [0.2, 0.25) is 5.91 Å². The summed E-state index contributed by atoms with van der Waals surface area (Å²) >= 11 is 0. The molecule has 0 radical (unpaired) electrons. The number of carboxylic acids is 1. The molecular formula is C14H18N2O3. The van der Waals surface area contributed by atoms with Crippen molar-refractivity contribution in [3.05, 3.63) is 48.6 Å². The molecule has 102 valence electrons. The maximum atomic E-state index is 11.8. The third kappa shape index (κ3) is 4.93. The average Bonchev–Trinajstić information content (AvgIpc) is 2.39. The first-order chi connectivity index (χ1) is 9.04. The summed E-state index contributed by atoms with van der Waals surface area (Å²) in [5, 5.41) is 11.3. The second-order valence-corrected chi connectivity index (χ2v) is 4.22. The molecule has 19 heavy (non-hydrogen) atoms. The first-order valence-corrected chi connectivity index (χ1v) is 5.98. The second kappa shape index (κ2) is 7.33. The van der Waals surface area contributed by atoms with Crippen LogP contribution >= 0.6 is 0 Å². The van der Waals surface area contributed by atoms with Crippen LogP contribution in [-0.2, 0) is 16.0 Å². The fourth-order valence-electron chi connectivity index (χ4n) is 1.63. The molecule has 4 N–H and O–H groups in total. The summed E-state index contributed by atoms with van der Waals surface area (Å²) in [6.45, 7) is 3.46. The average molecular weight is 262 g/mol. The van der Waals surface area contributed by atoms with Gasteiger partial charge in [0.25, 0.3) is 0 Å². The van der Waals surface area contributed by atoms with Crippen molar-refractivity contribution in [1.82, 2.24) is 5.32 Å². The first-order valence-electron chi connectivity index (χ1n) is 5.98. The summed E-state index contributed by atoms with van der Waals surface area (Å²) in [5.74, 6) is -1.57. The van der Waals surface area contributed by atoms with E-state index in [9.17, 15) is 9.59 Å². The minimum absolute atomic E-state index is 0.166. The Morgan fingerprint density at radius 2 is 2.00 bits per heavy atom. The van der Waals surface area contributed by atoms with Crippen LogP contribution in [-0.4, -0.2) is 29.1 Å². The highest BCUT2D eigenvalue weighted by Crippen LogP contribution is 2.03. The summed E-state index contributed by atoms with van der Waals surface area (Å²) in [6.07, 6.45) is 1.98. The third-order valence-corrected chi connectivity index (χ3v) is 2.65. The monoisotopic (exact) mass is 262 g/mol. The molecule has 0 bridgehead atoms. The normalized spacial score (nSPS) is 13.3. The molecule has 0 aromatic heterocycles. The van der Waals surface area contributed by atoms with Crippen molar-refractivity contribution in [3.63, 3.8) is 0 Å². The Balaban J connectivity index is 2.56. The summed E-state index contributed by atoms with van der Waals surface area (Å²) in [5.41, 5.74) is 6.69. The number of aliphatic carboxylic acids is 1. The maximum Gasteiger partial charge on any atom is 0.326 e. The van der Waals surface area contributed by atoms with Gasteiger partial charge in [0.15, 0.2) is 0 Å². The molecule has 5 nitrogen and oxygen atoms in total. The number of carboxylic acid groups (broad SMARTS) is 1. The van der Waals surface area contributed by atoms with Gasteiger partial charge in [-0.1, -0.05) is 36.4 Å². The van der Waals surface area contributed by atoms with Crippen LogP contribution in [0, 0.1) is 0 Å². The number of hydrogen-bond donors (Lipinski definition) is 3. The van der Waals surface area contributed by atoms with Gasteiger partial charge in [-0.3, -0.25) is 4.79 Å². The van der Waals surface area contributed by atoms with Gasteiger partial charge in [-0.15, -0.1) is 6.58 Å². The Bertz CT molecular complexity index is 445. The van der Waals surface area contributed by atoms with Crippen molar-refractivity contribution in [2.75, 3.05) is 0 Å². The molecular weight excluding hydrogens is 244 g/mol. The van der Waals surface area contributed by atoms with E-state index in [1.807, 2.05) is 30.3 Å². The summed E-state index contributed by atoms with van der Waals surface area (Å²) < 4.78 is 0. The largest absolute Gasteiger partial charge is 0.480 e. The van der Waals surface area contributed by atoms with Gasteiger partial charge in [-0.2, -0.15) is 0 Å². The molecule has 1 amide bonds. The highest BCUT2D eigenvalue weighted by molar-refractivity contribution is 5.87. The number of rotatable bonds is 7. The molecule has 5 heteroatoms. The van der Waals surface area contributed by atoms with Crippen molar-refractivity contribution in [2.45, 2.75) is 24.9 Å². The van der Waals surface area contributed by atoms with Gasteiger partial charge in [-0.25, -0.2) is 4.79 Å². The molecule has 1 unspecified atom stereocenters. The van der Waals surface area contributed by atoms with Crippen LogP contribution in [0.3, 0.4) is 0 Å². The first kappa shape index (κ1) is 14.9. The lowest BCUT2D eigenvalue weighted by Crippen LogP contribution is -2.49. The number of nitrogens with one attached hydrogen (secondary N) is 1. The molecule has 1 aromatic rings. The number of nitrogens with two attached hydrogens (primary N) is 1. The summed E-state index contributed by atoms with van der Waals surface area (Å²) in [4.78, 5) is 22.7. The molecule has 0 aliphatic heterocycles. The SMILES string of the molecule is C=CCC(NC(=O)[C@H](N)Cc1ccccc1)C(=O)O. The molecule has 0 aliphatic rings. The van der Waals surface area contributed by atoms with Crippen LogP contribution in [0.15, 0.2) is 43.0 Å². The van der Waals surface area contributed by atoms with Crippen molar-refractivity contribution >= 4 is 11.9 Å². The Morgan fingerprint density at radius 1 is 1.37 bits per heavy atom. The Labute approximate surface area is 112 Å². The van der Waals surface area contributed by atoms with E-state index in [2.05, 4.69) is 11.9 Å². The lowest BCUT2D eigenvalue weighted by molar-refractivity contribution is -0.141. The van der Waals surface area contributed by atoms with E-state index >= 15 is 0 Å². The third-order valence-electron chi connectivity index (χ3n) is 2.65. The van der Waals surface area contributed by atoms with Crippen molar-refractivity contribution in [1.29, 1.82) is 0 Å². The minimum atomic E-state index is -1.10. The Morgan fingerprint density at radius 3 is 2.53 bits per heavy atom. The number of benzene rings is 1.